The minimum absolute atomic E-state index is 0.168. The summed E-state index contributed by atoms with van der Waals surface area (Å²) < 4.78 is 5.20. The fourth-order valence-corrected chi connectivity index (χ4v) is 4.06. The fraction of sp³-hybridized carbons (Fsp3) is 0.360. The lowest BCUT2D eigenvalue weighted by Gasteiger charge is -2.32. The van der Waals surface area contributed by atoms with Gasteiger partial charge in [-0.3, -0.25) is 14.7 Å². The highest BCUT2D eigenvalue weighted by atomic mass is 16.5. The maximum absolute atomic E-state index is 12.8. The summed E-state index contributed by atoms with van der Waals surface area (Å²) in [6.45, 7) is 2.59. The Morgan fingerprint density at radius 3 is 2.61 bits per heavy atom. The summed E-state index contributed by atoms with van der Waals surface area (Å²) in [5.74, 6) is 2.72. The number of amides is 1. The van der Waals surface area contributed by atoms with Crippen LogP contribution in [0.3, 0.4) is 0 Å². The zero-order chi connectivity index (χ0) is 23.0. The lowest BCUT2D eigenvalue weighted by molar-refractivity contribution is -0.133. The summed E-state index contributed by atoms with van der Waals surface area (Å²) in [4.78, 5) is 30.2. The van der Waals surface area contributed by atoms with E-state index in [0.29, 0.717) is 18.3 Å². The molecule has 0 spiro atoms. The monoisotopic (exact) mass is 446 g/mol. The lowest BCUT2D eigenvalue weighted by Crippen LogP contribution is -2.43. The van der Waals surface area contributed by atoms with Crippen molar-refractivity contribution in [2.45, 2.75) is 25.3 Å². The molecule has 172 valence electrons. The number of piperidine rings is 1. The molecule has 0 atom stereocenters. The first-order chi connectivity index (χ1) is 16.1. The molecule has 0 aliphatic carbocycles. The second-order valence-corrected chi connectivity index (χ2v) is 8.34. The van der Waals surface area contributed by atoms with Gasteiger partial charge >= 0.3 is 0 Å². The minimum atomic E-state index is 0.168. The maximum atomic E-state index is 12.8. The van der Waals surface area contributed by atoms with E-state index in [-0.39, 0.29) is 5.91 Å². The summed E-state index contributed by atoms with van der Waals surface area (Å²) in [6, 6.07) is 13.6. The fourth-order valence-electron chi connectivity index (χ4n) is 4.06. The summed E-state index contributed by atoms with van der Waals surface area (Å²) in [6.07, 6.45) is 7.04. The topological polar surface area (TPSA) is 83.5 Å². The number of nitrogens with zero attached hydrogens (tertiary/aromatic N) is 5. The van der Waals surface area contributed by atoms with Gasteiger partial charge in [-0.25, -0.2) is 9.97 Å². The molecule has 1 amide bonds. The SMILES string of the molecule is COc1ccc(CN(C)CC(=O)N2CCC(c3cncc(Nc4ccccn4)n3)CC2)cc1. The van der Waals surface area contributed by atoms with Crippen molar-refractivity contribution >= 4 is 17.5 Å². The Labute approximate surface area is 194 Å². The highest BCUT2D eigenvalue weighted by Crippen LogP contribution is 2.27. The molecule has 1 aliphatic rings. The third-order valence-electron chi connectivity index (χ3n) is 5.86. The number of nitrogens with one attached hydrogen (secondary N) is 1. The van der Waals surface area contributed by atoms with Crippen LogP contribution in [0.2, 0.25) is 0 Å². The van der Waals surface area contributed by atoms with Gasteiger partial charge in [-0.15, -0.1) is 0 Å². The molecule has 3 heterocycles. The first-order valence-corrected chi connectivity index (χ1v) is 11.2. The Morgan fingerprint density at radius 1 is 1.12 bits per heavy atom. The quantitative estimate of drug-likeness (QED) is 0.567. The summed E-state index contributed by atoms with van der Waals surface area (Å²) in [7, 11) is 3.63. The summed E-state index contributed by atoms with van der Waals surface area (Å²) in [5.41, 5.74) is 2.11. The van der Waals surface area contributed by atoms with Crippen LogP contribution in [-0.2, 0) is 11.3 Å². The van der Waals surface area contributed by atoms with Crippen molar-refractivity contribution in [3.05, 3.63) is 72.3 Å². The Balaban J connectivity index is 1.26. The number of likely N-dealkylation sites (N-methyl/N-ethyl adjacent to an activating group) is 1. The maximum Gasteiger partial charge on any atom is 0.236 e. The molecular formula is C25H30N6O2. The molecule has 8 nitrogen and oxygen atoms in total. The van der Waals surface area contributed by atoms with E-state index < -0.39 is 0 Å². The van der Waals surface area contributed by atoms with Crippen LogP contribution in [0.1, 0.15) is 30.0 Å². The normalized spacial score (nSPS) is 14.3. The number of aromatic nitrogens is 3. The van der Waals surface area contributed by atoms with Crippen molar-refractivity contribution in [3.63, 3.8) is 0 Å². The summed E-state index contributed by atoms with van der Waals surface area (Å²) >= 11 is 0. The molecule has 1 saturated heterocycles. The molecule has 33 heavy (non-hydrogen) atoms. The average molecular weight is 447 g/mol. The van der Waals surface area contributed by atoms with Crippen LogP contribution < -0.4 is 10.1 Å². The van der Waals surface area contributed by atoms with Crippen LogP contribution in [0.15, 0.2) is 61.1 Å². The van der Waals surface area contributed by atoms with Gasteiger partial charge in [0, 0.05) is 37.9 Å². The van der Waals surface area contributed by atoms with Crippen LogP contribution in [0.25, 0.3) is 0 Å². The average Bonchev–Trinajstić information content (AvgIpc) is 2.85. The largest absolute Gasteiger partial charge is 0.497 e. The van der Waals surface area contributed by atoms with Gasteiger partial charge in [0.25, 0.3) is 0 Å². The van der Waals surface area contributed by atoms with E-state index in [1.54, 1.807) is 19.5 Å². The van der Waals surface area contributed by atoms with E-state index in [4.69, 9.17) is 9.72 Å². The van der Waals surface area contributed by atoms with Crippen LogP contribution in [-0.4, -0.2) is 64.5 Å². The van der Waals surface area contributed by atoms with Crippen LogP contribution >= 0.6 is 0 Å². The van der Waals surface area contributed by atoms with E-state index in [0.717, 1.165) is 55.3 Å². The Hall–Kier alpha value is -3.52. The molecule has 0 radical (unpaired) electrons. The predicted octanol–water partition coefficient (Wildman–Crippen LogP) is 3.46. The number of rotatable bonds is 8. The number of anilines is 2. The highest BCUT2D eigenvalue weighted by Gasteiger charge is 2.25. The Kier molecular flexibility index (Phi) is 7.47. The molecule has 2 aromatic heterocycles. The molecule has 4 rings (SSSR count). The number of carbonyl (C=O) groups excluding carboxylic acids is 1. The third-order valence-corrected chi connectivity index (χ3v) is 5.86. The number of hydrogen-bond donors (Lipinski definition) is 1. The third kappa shape index (κ3) is 6.26. The van der Waals surface area contributed by atoms with Gasteiger partial charge in [0.15, 0.2) is 0 Å². The van der Waals surface area contributed by atoms with Gasteiger partial charge in [0.1, 0.15) is 17.4 Å². The number of methoxy groups -OCH3 is 1. The molecule has 8 heteroatoms. The van der Waals surface area contributed by atoms with E-state index in [1.807, 2.05) is 60.6 Å². The van der Waals surface area contributed by atoms with Crippen molar-refractivity contribution < 1.29 is 9.53 Å². The minimum Gasteiger partial charge on any atom is -0.497 e. The molecule has 0 saturated carbocycles. The first-order valence-electron chi connectivity index (χ1n) is 11.2. The number of ether oxygens (including phenoxy) is 1. The molecule has 0 bridgehead atoms. The molecular weight excluding hydrogens is 416 g/mol. The molecule has 1 aromatic carbocycles. The Morgan fingerprint density at radius 2 is 1.91 bits per heavy atom. The van der Waals surface area contributed by atoms with Gasteiger partial charge < -0.3 is 15.0 Å². The predicted molar refractivity (Wildman–Crippen MR) is 127 cm³/mol. The van der Waals surface area contributed by atoms with Gasteiger partial charge in [0.05, 0.1) is 25.5 Å². The van der Waals surface area contributed by atoms with E-state index in [9.17, 15) is 4.79 Å². The van der Waals surface area contributed by atoms with Crippen molar-refractivity contribution in [2.75, 3.05) is 39.1 Å². The molecule has 3 aromatic rings. The zero-order valence-corrected chi connectivity index (χ0v) is 19.1. The number of hydrogen-bond acceptors (Lipinski definition) is 7. The van der Waals surface area contributed by atoms with Gasteiger partial charge in [-0.2, -0.15) is 0 Å². The van der Waals surface area contributed by atoms with Gasteiger partial charge in [-0.05, 0) is 49.7 Å². The highest BCUT2D eigenvalue weighted by molar-refractivity contribution is 5.78. The second-order valence-electron chi connectivity index (χ2n) is 8.34. The van der Waals surface area contributed by atoms with Crippen LogP contribution in [0.5, 0.6) is 5.75 Å². The van der Waals surface area contributed by atoms with Crippen molar-refractivity contribution in [1.29, 1.82) is 0 Å². The van der Waals surface area contributed by atoms with E-state index in [1.165, 1.54) is 0 Å². The molecule has 1 aliphatic heterocycles. The number of pyridine rings is 1. The van der Waals surface area contributed by atoms with Gasteiger partial charge in [-0.1, -0.05) is 18.2 Å². The molecule has 1 N–H and O–H groups in total. The van der Waals surface area contributed by atoms with Gasteiger partial charge in [0.2, 0.25) is 5.91 Å². The standard InChI is InChI=1S/C25H30N6O2/c1-30(17-19-6-8-21(33-2)9-7-19)18-25(32)31-13-10-20(11-14-31)22-15-26-16-24(28-22)29-23-5-3-4-12-27-23/h3-9,12,15-16,20H,10-11,13-14,17-18H2,1-2H3,(H,27,28,29). The van der Waals surface area contributed by atoms with Crippen molar-refractivity contribution in [1.82, 2.24) is 24.8 Å². The smallest absolute Gasteiger partial charge is 0.236 e. The number of likely N-dealkylation sites (tertiary alicyclic amines) is 1. The Bertz CT molecular complexity index is 1040. The van der Waals surface area contributed by atoms with Crippen molar-refractivity contribution in [3.8, 4) is 5.75 Å². The number of benzene rings is 1. The van der Waals surface area contributed by atoms with E-state index in [2.05, 4.69) is 20.2 Å². The lowest BCUT2D eigenvalue weighted by atomic mass is 9.93. The van der Waals surface area contributed by atoms with Crippen molar-refractivity contribution in [2.24, 2.45) is 0 Å². The molecule has 1 fully saturated rings. The molecule has 0 unspecified atom stereocenters. The second kappa shape index (κ2) is 10.9. The zero-order valence-electron chi connectivity index (χ0n) is 19.1. The summed E-state index contributed by atoms with van der Waals surface area (Å²) in [5, 5.41) is 3.20. The van der Waals surface area contributed by atoms with E-state index >= 15 is 0 Å². The first kappa shape index (κ1) is 22.7. The number of carbonyl (C=O) groups is 1. The van der Waals surface area contributed by atoms with Crippen LogP contribution in [0, 0.1) is 0 Å². The van der Waals surface area contributed by atoms with Crippen LogP contribution in [0.4, 0.5) is 11.6 Å².